The van der Waals surface area contributed by atoms with Gasteiger partial charge in [-0.2, -0.15) is 0 Å². The van der Waals surface area contributed by atoms with Crippen LogP contribution in [0.1, 0.15) is 50.8 Å². The van der Waals surface area contributed by atoms with Crippen LogP contribution in [0.2, 0.25) is 0 Å². The first-order chi connectivity index (χ1) is 7.52. The molecule has 16 heavy (non-hydrogen) atoms. The first-order valence-electron chi connectivity index (χ1n) is 6.10. The first-order valence-corrected chi connectivity index (χ1v) is 6.10. The molecule has 0 atom stereocenters. The highest BCUT2D eigenvalue weighted by Gasteiger charge is 2.12. The minimum atomic E-state index is 0.581. The fraction of sp³-hybridized carbons (Fsp3) is 0.467. The third-order valence-electron chi connectivity index (χ3n) is 3.37. The molecule has 0 aliphatic rings. The monoisotopic (exact) mass is 215 g/mol. The van der Waals surface area contributed by atoms with Gasteiger partial charge in [0.05, 0.1) is 0 Å². The van der Waals surface area contributed by atoms with Crippen molar-refractivity contribution in [1.82, 2.24) is 4.57 Å². The van der Waals surface area contributed by atoms with Gasteiger partial charge >= 0.3 is 0 Å². The van der Waals surface area contributed by atoms with Crippen molar-refractivity contribution in [2.24, 2.45) is 7.05 Å². The molecular formula is C15H21N. The number of rotatable bonds is 2. The van der Waals surface area contributed by atoms with E-state index in [4.69, 9.17) is 0 Å². The third kappa shape index (κ3) is 1.64. The number of fused-ring (bicyclic) bond motifs is 1. The van der Waals surface area contributed by atoms with Crippen molar-refractivity contribution in [3.8, 4) is 0 Å². The van der Waals surface area contributed by atoms with Crippen LogP contribution in [0.5, 0.6) is 0 Å². The maximum atomic E-state index is 2.36. The van der Waals surface area contributed by atoms with E-state index in [0.717, 1.165) is 0 Å². The molecule has 0 radical (unpaired) electrons. The van der Waals surface area contributed by atoms with Crippen molar-refractivity contribution in [2.75, 3.05) is 0 Å². The third-order valence-corrected chi connectivity index (χ3v) is 3.37. The topological polar surface area (TPSA) is 4.93 Å². The summed E-state index contributed by atoms with van der Waals surface area (Å²) in [5.41, 5.74) is 4.23. The highest BCUT2D eigenvalue weighted by Crippen LogP contribution is 2.30. The van der Waals surface area contributed by atoms with E-state index in [-0.39, 0.29) is 0 Å². The molecule has 2 rings (SSSR count). The van der Waals surface area contributed by atoms with Crippen molar-refractivity contribution in [2.45, 2.75) is 39.5 Å². The molecule has 86 valence electrons. The molecule has 0 saturated carbocycles. The van der Waals surface area contributed by atoms with Gasteiger partial charge in [0.15, 0.2) is 0 Å². The number of nitrogens with zero attached hydrogens (tertiary/aromatic N) is 1. The van der Waals surface area contributed by atoms with Gasteiger partial charge in [-0.3, -0.25) is 0 Å². The van der Waals surface area contributed by atoms with Crippen LogP contribution in [-0.4, -0.2) is 4.57 Å². The van der Waals surface area contributed by atoms with Gasteiger partial charge in [0.25, 0.3) is 0 Å². The van der Waals surface area contributed by atoms with Crippen molar-refractivity contribution >= 4 is 10.9 Å². The Hall–Kier alpha value is -1.24. The van der Waals surface area contributed by atoms with Gasteiger partial charge in [0, 0.05) is 23.6 Å². The molecule has 0 aliphatic carbocycles. The van der Waals surface area contributed by atoms with Gasteiger partial charge in [0.1, 0.15) is 0 Å². The summed E-state index contributed by atoms with van der Waals surface area (Å²) >= 11 is 0. The second kappa shape index (κ2) is 3.97. The number of aromatic nitrogens is 1. The number of aryl methyl sites for hydroxylation is 1. The number of benzene rings is 1. The van der Waals surface area contributed by atoms with Crippen LogP contribution in [0.15, 0.2) is 24.3 Å². The molecular weight excluding hydrogens is 194 g/mol. The van der Waals surface area contributed by atoms with E-state index >= 15 is 0 Å². The standard InChI is InChI=1S/C15H21N/c1-10(2)12-7-6-8-14-13(12)9-15(11(3)4)16(14)5/h6-11H,1-5H3. The van der Waals surface area contributed by atoms with Crippen molar-refractivity contribution in [3.63, 3.8) is 0 Å². The molecule has 0 N–H and O–H groups in total. The Kier molecular flexibility index (Phi) is 2.79. The summed E-state index contributed by atoms with van der Waals surface area (Å²) in [5, 5.41) is 1.42. The lowest BCUT2D eigenvalue weighted by Gasteiger charge is -2.08. The van der Waals surface area contributed by atoms with Crippen LogP contribution in [0.25, 0.3) is 10.9 Å². The summed E-state index contributed by atoms with van der Waals surface area (Å²) in [7, 11) is 2.17. The highest BCUT2D eigenvalue weighted by molar-refractivity contribution is 5.85. The molecule has 0 spiro atoms. The van der Waals surface area contributed by atoms with Crippen molar-refractivity contribution in [3.05, 3.63) is 35.5 Å². The van der Waals surface area contributed by atoms with Crippen LogP contribution < -0.4 is 0 Å². The summed E-state index contributed by atoms with van der Waals surface area (Å²) in [6, 6.07) is 8.99. The zero-order valence-corrected chi connectivity index (χ0v) is 10.9. The molecule has 1 aromatic heterocycles. The predicted octanol–water partition coefficient (Wildman–Crippen LogP) is 4.43. The lowest BCUT2D eigenvalue weighted by Crippen LogP contribution is -1.97. The average molecular weight is 215 g/mol. The summed E-state index contributed by atoms with van der Waals surface area (Å²) < 4.78 is 2.33. The second-order valence-electron chi connectivity index (χ2n) is 5.22. The fourth-order valence-electron chi connectivity index (χ4n) is 2.46. The minimum absolute atomic E-state index is 0.581. The van der Waals surface area contributed by atoms with Crippen LogP contribution >= 0.6 is 0 Å². The Labute approximate surface area is 98.1 Å². The SMILES string of the molecule is CC(C)c1cccc2c1cc(C(C)C)n2C. The maximum absolute atomic E-state index is 2.36. The molecule has 1 heteroatoms. The van der Waals surface area contributed by atoms with Gasteiger partial charge in [-0.15, -0.1) is 0 Å². The van der Waals surface area contributed by atoms with Gasteiger partial charge in [0.2, 0.25) is 0 Å². The molecule has 2 aromatic rings. The van der Waals surface area contributed by atoms with E-state index in [1.165, 1.54) is 22.2 Å². The van der Waals surface area contributed by atoms with E-state index in [9.17, 15) is 0 Å². The average Bonchev–Trinajstić information content (AvgIpc) is 2.56. The van der Waals surface area contributed by atoms with E-state index in [2.05, 4.69) is 63.6 Å². The normalized spacial score (nSPS) is 11.9. The molecule has 0 fully saturated rings. The lowest BCUT2D eigenvalue weighted by atomic mass is 9.99. The Balaban J connectivity index is 2.75. The smallest absolute Gasteiger partial charge is 0.0482 e. The first kappa shape index (κ1) is 11.3. The van der Waals surface area contributed by atoms with Gasteiger partial charge in [-0.1, -0.05) is 39.8 Å². The second-order valence-corrected chi connectivity index (χ2v) is 5.22. The molecule has 0 unspecified atom stereocenters. The molecule has 0 bridgehead atoms. The minimum Gasteiger partial charge on any atom is -0.347 e. The van der Waals surface area contributed by atoms with Gasteiger partial charge in [-0.25, -0.2) is 0 Å². The molecule has 0 aliphatic heterocycles. The summed E-state index contributed by atoms with van der Waals surface area (Å²) in [6.45, 7) is 9.03. The van der Waals surface area contributed by atoms with E-state index in [1.807, 2.05) is 0 Å². The number of hydrogen-bond acceptors (Lipinski definition) is 0. The Morgan fingerprint density at radius 1 is 1.00 bits per heavy atom. The quantitative estimate of drug-likeness (QED) is 0.698. The fourth-order valence-corrected chi connectivity index (χ4v) is 2.46. The highest BCUT2D eigenvalue weighted by atomic mass is 14.9. The Morgan fingerprint density at radius 2 is 1.69 bits per heavy atom. The van der Waals surface area contributed by atoms with Gasteiger partial charge in [-0.05, 0) is 29.5 Å². The van der Waals surface area contributed by atoms with Crippen LogP contribution in [0.3, 0.4) is 0 Å². The van der Waals surface area contributed by atoms with E-state index in [1.54, 1.807) is 0 Å². The zero-order valence-electron chi connectivity index (χ0n) is 10.9. The maximum Gasteiger partial charge on any atom is 0.0482 e. The van der Waals surface area contributed by atoms with Crippen LogP contribution in [-0.2, 0) is 7.05 Å². The summed E-state index contributed by atoms with van der Waals surface area (Å²) in [5.74, 6) is 1.17. The van der Waals surface area contributed by atoms with E-state index in [0.29, 0.717) is 11.8 Å². The van der Waals surface area contributed by atoms with Gasteiger partial charge < -0.3 is 4.57 Å². The molecule has 0 amide bonds. The van der Waals surface area contributed by atoms with Crippen molar-refractivity contribution < 1.29 is 0 Å². The van der Waals surface area contributed by atoms with Crippen LogP contribution in [0, 0.1) is 0 Å². The lowest BCUT2D eigenvalue weighted by molar-refractivity contribution is 0.755. The summed E-state index contributed by atoms with van der Waals surface area (Å²) in [4.78, 5) is 0. The Bertz CT molecular complexity index is 503. The molecule has 1 aromatic carbocycles. The zero-order chi connectivity index (χ0) is 11.9. The predicted molar refractivity (Wildman–Crippen MR) is 71.1 cm³/mol. The van der Waals surface area contributed by atoms with Crippen LogP contribution in [0.4, 0.5) is 0 Å². The largest absolute Gasteiger partial charge is 0.347 e. The molecule has 0 saturated heterocycles. The Morgan fingerprint density at radius 3 is 2.25 bits per heavy atom. The van der Waals surface area contributed by atoms with Crippen molar-refractivity contribution in [1.29, 1.82) is 0 Å². The molecule has 1 heterocycles. The van der Waals surface area contributed by atoms with E-state index < -0.39 is 0 Å². The molecule has 1 nitrogen and oxygen atoms in total. The summed E-state index contributed by atoms with van der Waals surface area (Å²) in [6.07, 6.45) is 0. The number of hydrogen-bond donors (Lipinski definition) is 0.